The minimum Gasteiger partial charge on any atom is -0.398 e. The Morgan fingerprint density at radius 2 is 1.95 bits per heavy atom. The fraction of sp³-hybridized carbons (Fsp3) is 0.0714. The third kappa shape index (κ3) is 2.88. The Bertz CT molecular complexity index is 887. The number of nitrogens with two attached hydrogens (primary N) is 1. The van der Waals surface area contributed by atoms with Crippen molar-refractivity contribution in [1.29, 1.82) is 0 Å². The number of para-hydroxylation sites is 1. The van der Waals surface area contributed by atoms with E-state index in [1.54, 1.807) is 0 Å². The number of hydrogen-bond acceptors (Lipinski definition) is 5. The summed E-state index contributed by atoms with van der Waals surface area (Å²) in [6.45, 7) is 0. The van der Waals surface area contributed by atoms with Crippen LogP contribution in [-0.2, 0) is 15.6 Å². The van der Waals surface area contributed by atoms with Crippen molar-refractivity contribution in [3.8, 4) is 0 Å². The van der Waals surface area contributed by atoms with E-state index in [1.807, 2.05) is 24.3 Å². The van der Waals surface area contributed by atoms with Gasteiger partial charge in [-0.25, -0.2) is 13.4 Å². The molecule has 0 fully saturated rings. The Hall–Kier alpha value is -1.63. The highest BCUT2D eigenvalue weighted by Gasteiger charge is 2.20. The average Bonchev–Trinajstić information content (AvgIpc) is 2.79. The van der Waals surface area contributed by atoms with Crippen molar-refractivity contribution < 1.29 is 8.42 Å². The third-order valence-electron chi connectivity index (χ3n) is 2.96. The van der Waals surface area contributed by atoms with E-state index >= 15 is 0 Å². The molecular formula is C14H11ClN2O2S2. The Morgan fingerprint density at radius 3 is 2.67 bits per heavy atom. The predicted octanol–water partition coefficient (Wildman–Crippen LogP) is 3.51. The lowest BCUT2D eigenvalue weighted by molar-refractivity contribution is 0.595. The fourth-order valence-electron chi connectivity index (χ4n) is 2.02. The summed E-state index contributed by atoms with van der Waals surface area (Å²) in [6, 6.07) is 11.9. The summed E-state index contributed by atoms with van der Waals surface area (Å²) in [7, 11) is -3.54. The van der Waals surface area contributed by atoms with Crippen molar-refractivity contribution in [3.63, 3.8) is 0 Å². The van der Waals surface area contributed by atoms with Crippen LogP contribution in [-0.4, -0.2) is 13.4 Å². The molecule has 21 heavy (non-hydrogen) atoms. The molecular weight excluding hydrogens is 328 g/mol. The molecule has 0 saturated carbocycles. The van der Waals surface area contributed by atoms with Crippen molar-refractivity contribution in [2.45, 2.75) is 10.6 Å². The van der Waals surface area contributed by atoms with E-state index in [9.17, 15) is 8.42 Å². The second-order valence-electron chi connectivity index (χ2n) is 4.52. The van der Waals surface area contributed by atoms with Crippen molar-refractivity contribution >= 4 is 48.7 Å². The zero-order chi connectivity index (χ0) is 15.0. The van der Waals surface area contributed by atoms with Crippen molar-refractivity contribution in [3.05, 3.63) is 52.5 Å². The van der Waals surface area contributed by atoms with Crippen LogP contribution in [0.25, 0.3) is 10.2 Å². The molecule has 0 aliphatic heterocycles. The molecule has 2 aromatic carbocycles. The fourth-order valence-corrected chi connectivity index (χ4v) is 4.91. The number of nitrogens with zero attached hydrogens (tertiary/aromatic N) is 1. The van der Waals surface area contributed by atoms with Gasteiger partial charge in [0.05, 0.1) is 20.8 Å². The Kier molecular flexibility index (Phi) is 3.61. The van der Waals surface area contributed by atoms with Gasteiger partial charge < -0.3 is 5.73 Å². The minimum absolute atomic E-state index is 0.0890. The first-order valence-corrected chi connectivity index (χ1v) is 8.92. The SMILES string of the molecule is Nc1cc(Cl)ccc1S(=O)(=O)Cc1nc2ccccc2s1. The van der Waals surface area contributed by atoms with Gasteiger partial charge in [-0.15, -0.1) is 11.3 Å². The monoisotopic (exact) mass is 338 g/mol. The van der Waals surface area contributed by atoms with E-state index in [0.717, 1.165) is 10.2 Å². The summed E-state index contributed by atoms with van der Waals surface area (Å²) in [5, 5.41) is 0.956. The van der Waals surface area contributed by atoms with Crippen LogP contribution in [0.5, 0.6) is 0 Å². The molecule has 108 valence electrons. The average molecular weight is 339 g/mol. The van der Waals surface area contributed by atoms with Crippen LogP contribution in [0.15, 0.2) is 47.4 Å². The summed E-state index contributed by atoms with van der Waals surface area (Å²) in [5.74, 6) is -0.168. The van der Waals surface area contributed by atoms with E-state index in [4.69, 9.17) is 17.3 Å². The van der Waals surface area contributed by atoms with Gasteiger partial charge in [0.25, 0.3) is 0 Å². The number of fused-ring (bicyclic) bond motifs is 1. The van der Waals surface area contributed by atoms with Crippen LogP contribution < -0.4 is 5.73 Å². The van der Waals surface area contributed by atoms with Crippen molar-refractivity contribution in [1.82, 2.24) is 4.98 Å². The normalized spacial score (nSPS) is 11.9. The molecule has 0 radical (unpaired) electrons. The molecule has 0 saturated heterocycles. The molecule has 7 heteroatoms. The lowest BCUT2D eigenvalue weighted by Gasteiger charge is -2.06. The van der Waals surface area contributed by atoms with Crippen LogP contribution in [0.4, 0.5) is 5.69 Å². The van der Waals surface area contributed by atoms with Gasteiger partial charge in [-0.3, -0.25) is 0 Å². The van der Waals surface area contributed by atoms with Gasteiger partial charge in [-0.1, -0.05) is 23.7 Å². The molecule has 3 rings (SSSR count). The van der Waals surface area contributed by atoms with E-state index in [0.29, 0.717) is 10.0 Å². The summed E-state index contributed by atoms with van der Waals surface area (Å²) < 4.78 is 25.9. The molecule has 0 spiro atoms. The molecule has 3 aromatic rings. The van der Waals surface area contributed by atoms with Gasteiger partial charge in [-0.2, -0.15) is 0 Å². The first kappa shape index (κ1) is 14.3. The molecule has 0 aliphatic carbocycles. The number of sulfone groups is 1. The standard InChI is InChI=1S/C14H11ClN2O2S2/c15-9-5-6-13(10(16)7-9)21(18,19)8-14-17-11-3-1-2-4-12(11)20-14/h1-7H,8,16H2. The zero-order valence-corrected chi connectivity index (χ0v) is 13.2. The van der Waals surface area contributed by atoms with Crippen molar-refractivity contribution in [2.75, 3.05) is 5.73 Å². The lowest BCUT2D eigenvalue weighted by atomic mass is 10.3. The number of hydrogen-bond donors (Lipinski definition) is 1. The number of rotatable bonds is 3. The smallest absolute Gasteiger partial charge is 0.186 e. The first-order chi connectivity index (χ1) is 9.95. The van der Waals surface area contributed by atoms with Gasteiger partial charge in [0.15, 0.2) is 9.84 Å². The van der Waals surface area contributed by atoms with Crippen LogP contribution >= 0.6 is 22.9 Å². The van der Waals surface area contributed by atoms with Crippen LogP contribution in [0.1, 0.15) is 5.01 Å². The topological polar surface area (TPSA) is 73.1 Å². The molecule has 0 amide bonds. The van der Waals surface area contributed by atoms with Crippen LogP contribution in [0.2, 0.25) is 5.02 Å². The Balaban J connectivity index is 1.99. The van der Waals surface area contributed by atoms with Gasteiger partial charge in [0.1, 0.15) is 10.8 Å². The van der Waals surface area contributed by atoms with Gasteiger partial charge in [0.2, 0.25) is 0 Å². The number of aromatic nitrogens is 1. The number of thiazole rings is 1. The molecule has 1 aromatic heterocycles. The highest BCUT2D eigenvalue weighted by Crippen LogP contribution is 2.28. The molecule has 2 N–H and O–H groups in total. The maximum atomic E-state index is 12.5. The van der Waals surface area contributed by atoms with Gasteiger partial charge >= 0.3 is 0 Å². The summed E-state index contributed by atoms with van der Waals surface area (Å²) >= 11 is 7.17. The third-order valence-corrected chi connectivity index (χ3v) is 6.11. The molecule has 0 aliphatic rings. The first-order valence-electron chi connectivity index (χ1n) is 6.08. The predicted molar refractivity (Wildman–Crippen MR) is 86.4 cm³/mol. The van der Waals surface area contributed by atoms with E-state index < -0.39 is 9.84 Å². The molecule has 0 unspecified atom stereocenters. The quantitative estimate of drug-likeness (QED) is 0.742. The second kappa shape index (κ2) is 5.29. The zero-order valence-electron chi connectivity index (χ0n) is 10.8. The number of halogens is 1. The second-order valence-corrected chi connectivity index (χ2v) is 8.03. The van der Waals surface area contributed by atoms with Gasteiger partial charge in [-0.05, 0) is 30.3 Å². The van der Waals surface area contributed by atoms with Crippen LogP contribution in [0, 0.1) is 0 Å². The maximum absolute atomic E-state index is 12.5. The van der Waals surface area contributed by atoms with Crippen molar-refractivity contribution in [2.24, 2.45) is 0 Å². The maximum Gasteiger partial charge on any atom is 0.186 e. The highest BCUT2D eigenvalue weighted by atomic mass is 35.5. The highest BCUT2D eigenvalue weighted by molar-refractivity contribution is 7.91. The van der Waals surface area contributed by atoms with E-state index in [1.165, 1.54) is 29.5 Å². The van der Waals surface area contributed by atoms with Gasteiger partial charge in [0, 0.05) is 5.02 Å². The van der Waals surface area contributed by atoms with Crippen LogP contribution in [0.3, 0.4) is 0 Å². The Morgan fingerprint density at radius 1 is 1.19 bits per heavy atom. The number of anilines is 1. The van der Waals surface area contributed by atoms with E-state index in [2.05, 4.69) is 4.98 Å². The van der Waals surface area contributed by atoms with E-state index in [-0.39, 0.29) is 16.3 Å². The Labute approximate surface area is 131 Å². The molecule has 0 bridgehead atoms. The largest absolute Gasteiger partial charge is 0.398 e. The summed E-state index contributed by atoms with van der Waals surface area (Å²) in [6.07, 6.45) is 0. The molecule has 4 nitrogen and oxygen atoms in total. The number of benzene rings is 2. The molecule has 1 heterocycles. The lowest BCUT2D eigenvalue weighted by Crippen LogP contribution is -2.07. The summed E-state index contributed by atoms with van der Waals surface area (Å²) in [4.78, 5) is 4.43. The minimum atomic E-state index is -3.54. The summed E-state index contributed by atoms with van der Waals surface area (Å²) in [5.41, 5.74) is 6.71. The number of nitrogen functional groups attached to an aromatic ring is 1. The molecule has 0 atom stereocenters.